The summed E-state index contributed by atoms with van der Waals surface area (Å²) in [4.78, 5) is 0. The van der Waals surface area contributed by atoms with E-state index >= 15 is 0 Å². The van der Waals surface area contributed by atoms with E-state index in [1.165, 1.54) is 0 Å². The van der Waals surface area contributed by atoms with Crippen LogP contribution in [0.25, 0.3) is 0 Å². The van der Waals surface area contributed by atoms with Crippen LogP contribution in [0.5, 0.6) is 0 Å². The average Bonchev–Trinajstić information content (AvgIpc) is 1.86. The van der Waals surface area contributed by atoms with Gasteiger partial charge in [0.05, 0.1) is 0 Å². The highest BCUT2D eigenvalue weighted by molar-refractivity contribution is 7.91. The molecule has 0 aliphatic heterocycles. The third-order valence-corrected chi connectivity index (χ3v) is 1.99. The molecule has 0 spiro atoms. The summed E-state index contributed by atoms with van der Waals surface area (Å²) in [5.74, 6) is 0. The highest BCUT2D eigenvalue weighted by atomic mass is 32.3. The third kappa shape index (κ3) is 1.94. The molecule has 58 valence electrons. The number of nitrogens with zero attached hydrogens (tertiary/aromatic N) is 1. The van der Waals surface area contributed by atoms with Crippen LogP contribution in [0.3, 0.4) is 0 Å². The Morgan fingerprint density at radius 2 is 1.67 bits per heavy atom. The second-order valence-electron chi connectivity index (χ2n) is 1.45. The Balaban J connectivity index is 4.11. The topological polar surface area (TPSA) is 38.8 Å². The molecule has 0 aromatic rings. The van der Waals surface area contributed by atoms with E-state index in [4.69, 9.17) is 0 Å². The Labute approximate surface area is 52.1 Å². The molecule has 0 atom stereocenters. The summed E-state index contributed by atoms with van der Waals surface area (Å²) in [6, 6.07) is 0. The van der Waals surface area contributed by atoms with Gasteiger partial charge in [-0.25, -0.2) is 8.51 Å². The second kappa shape index (κ2) is 3.16. The van der Waals surface area contributed by atoms with Gasteiger partial charge in [0.15, 0.2) is 10.7 Å². The minimum Gasteiger partial charge on any atom is -0.213 e. The summed E-state index contributed by atoms with van der Waals surface area (Å²) < 4.78 is 38.8. The minimum atomic E-state index is -4.25. The molecule has 0 aromatic heterocycles. The lowest BCUT2D eigenvalue weighted by Gasteiger charge is -2.19. The van der Waals surface area contributed by atoms with Crippen LogP contribution in [0.15, 0.2) is 0 Å². The predicted octanol–water partition coefficient (Wildman–Crippen LogP) is 0.112. The van der Waals surface area contributed by atoms with Crippen molar-refractivity contribution in [2.24, 2.45) is 0 Å². The molecule has 0 heterocycles. The van der Waals surface area contributed by atoms with Crippen molar-refractivity contribution in [3.8, 4) is 0 Å². The molecule has 0 radical (unpaired) electrons. The lowest BCUT2D eigenvalue weighted by atomic mass is 11.3. The molecule has 0 saturated heterocycles. The summed E-state index contributed by atoms with van der Waals surface area (Å²) in [6.45, 7) is 0. The van der Waals surface area contributed by atoms with Gasteiger partial charge in [-0.3, -0.25) is 0 Å². The Morgan fingerprint density at radius 1 is 1.33 bits per heavy atom. The van der Waals surface area contributed by atoms with E-state index in [9.17, 15) is 13.3 Å². The van der Waals surface area contributed by atoms with Crippen LogP contribution in [-0.4, -0.2) is 22.6 Å². The maximum absolute atomic E-state index is 11.1. The number of halogens is 2. The quantitative estimate of drug-likeness (QED) is 0.600. The molecule has 0 aromatic carbocycles. The molecule has 0 aliphatic carbocycles. The summed E-state index contributed by atoms with van der Waals surface area (Å²) in [5.41, 5.74) is 0. The first kappa shape index (κ1) is 8.89. The first-order chi connectivity index (χ1) is 4.06. The van der Waals surface area contributed by atoms with E-state index in [1.807, 2.05) is 0 Å². The molecule has 0 saturated carbocycles. The van der Waals surface area contributed by atoms with Crippen LogP contribution < -0.4 is 0 Å². The van der Waals surface area contributed by atoms with Gasteiger partial charge in [0.25, 0.3) is 0 Å². The Bertz CT molecular complexity index is 121. The standard InChI is InChI=1S/C2H7F2NO3S/c1-5(2)9(6,7-3)8-4/h9H,1-2H3. The summed E-state index contributed by atoms with van der Waals surface area (Å²) >= 11 is 0. The fourth-order valence-electron chi connectivity index (χ4n) is 0.134. The van der Waals surface area contributed by atoms with Crippen molar-refractivity contribution in [1.82, 2.24) is 4.31 Å². The molecular formula is C2H7F2NO3S. The van der Waals surface area contributed by atoms with Gasteiger partial charge in [0.1, 0.15) is 0 Å². The zero-order valence-corrected chi connectivity index (χ0v) is 5.77. The lowest BCUT2D eigenvalue weighted by Crippen LogP contribution is -2.30. The van der Waals surface area contributed by atoms with E-state index in [2.05, 4.69) is 8.78 Å². The summed E-state index contributed by atoms with van der Waals surface area (Å²) in [5, 5.41) is 0. The van der Waals surface area contributed by atoms with Gasteiger partial charge >= 0.3 is 0 Å². The van der Waals surface area contributed by atoms with Crippen molar-refractivity contribution in [3.63, 3.8) is 0 Å². The zero-order chi connectivity index (χ0) is 7.49. The van der Waals surface area contributed by atoms with Crippen molar-refractivity contribution in [2.45, 2.75) is 0 Å². The maximum atomic E-state index is 11.1. The Kier molecular flexibility index (Phi) is 3.12. The fraction of sp³-hybridized carbons (Fsp3) is 1.00. The van der Waals surface area contributed by atoms with Crippen LogP contribution in [0.4, 0.5) is 9.05 Å². The van der Waals surface area contributed by atoms with Gasteiger partial charge in [-0.1, -0.05) is 8.78 Å². The van der Waals surface area contributed by atoms with E-state index in [0.717, 1.165) is 14.1 Å². The van der Waals surface area contributed by atoms with Crippen LogP contribution in [0.1, 0.15) is 0 Å². The molecule has 0 N–H and O–H groups in total. The predicted molar refractivity (Wildman–Crippen MR) is 27.6 cm³/mol. The van der Waals surface area contributed by atoms with E-state index in [0.29, 0.717) is 4.31 Å². The molecule has 9 heavy (non-hydrogen) atoms. The normalized spacial score (nSPS) is 14.3. The van der Waals surface area contributed by atoms with Crippen LogP contribution >= 0.6 is 0 Å². The van der Waals surface area contributed by atoms with E-state index < -0.39 is 10.7 Å². The molecule has 7 heteroatoms. The summed E-state index contributed by atoms with van der Waals surface area (Å²) in [7, 11) is -1.95. The first-order valence-electron chi connectivity index (χ1n) is 1.95. The van der Waals surface area contributed by atoms with Crippen molar-refractivity contribution in [2.75, 3.05) is 14.1 Å². The van der Waals surface area contributed by atoms with Gasteiger partial charge in [0.2, 0.25) is 0 Å². The fourth-order valence-corrected chi connectivity index (χ4v) is 0.402. The van der Waals surface area contributed by atoms with Gasteiger partial charge in [-0.15, -0.1) is 0 Å². The van der Waals surface area contributed by atoms with E-state index in [-0.39, 0.29) is 0 Å². The van der Waals surface area contributed by atoms with Gasteiger partial charge in [0, 0.05) is 14.1 Å². The SMILES string of the molecule is CN(C)[SH](=O)(OF)OF. The van der Waals surface area contributed by atoms with Crippen LogP contribution in [-0.2, 0) is 19.5 Å². The molecule has 0 unspecified atom stereocenters. The van der Waals surface area contributed by atoms with Crippen molar-refractivity contribution in [1.29, 1.82) is 0 Å². The smallest absolute Gasteiger partial charge is 0.198 e. The van der Waals surface area contributed by atoms with Gasteiger partial charge in [-0.2, -0.15) is 0 Å². The molecule has 0 amide bonds. The lowest BCUT2D eigenvalue weighted by molar-refractivity contribution is -0.0839. The van der Waals surface area contributed by atoms with Crippen molar-refractivity contribution >= 4 is 10.7 Å². The zero-order valence-electron chi connectivity index (χ0n) is 4.88. The summed E-state index contributed by atoms with van der Waals surface area (Å²) in [6.07, 6.45) is 0. The molecule has 0 aliphatic rings. The van der Waals surface area contributed by atoms with E-state index in [1.54, 1.807) is 0 Å². The minimum absolute atomic E-state index is 0.660. The Morgan fingerprint density at radius 3 is 1.67 bits per heavy atom. The molecule has 0 fully saturated rings. The molecule has 4 nitrogen and oxygen atoms in total. The van der Waals surface area contributed by atoms with Crippen molar-refractivity contribution in [3.05, 3.63) is 0 Å². The largest absolute Gasteiger partial charge is 0.213 e. The second-order valence-corrected chi connectivity index (χ2v) is 3.47. The highest BCUT2D eigenvalue weighted by Crippen LogP contribution is 2.11. The van der Waals surface area contributed by atoms with Gasteiger partial charge in [-0.05, 0) is 9.05 Å². The number of hydrogen-bond donors (Lipinski definition) is 1. The molecule has 0 bridgehead atoms. The number of rotatable bonds is 3. The number of thiol groups is 1. The Hall–Kier alpha value is -0.110. The van der Waals surface area contributed by atoms with Crippen LogP contribution in [0.2, 0.25) is 0 Å². The molecular weight excluding hydrogens is 156 g/mol. The average molecular weight is 163 g/mol. The maximum Gasteiger partial charge on any atom is 0.198 e. The number of hydrogen-bond acceptors (Lipinski definition) is 3. The third-order valence-electron chi connectivity index (χ3n) is 0.664. The first-order valence-corrected chi connectivity index (χ1v) is 3.45. The monoisotopic (exact) mass is 163 g/mol. The highest BCUT2D eigenvalue weighted by Gasteiger charge is 2.19. The van der Waals surface area contributed by atoms with Gasteiger partial charge < -0.3 is 0 Å². The van der Waals surface area contributed by atoms with Crippen molar-refractivity contribution < 1.29 is 22.0 Å². The van der Waals surface area contributed by atoms with Crippen LogP contribution in [0, 0.1) is 0 Å². The molecule has 0 rings (SSSR count).